The molecule has 3 aromatic rings. The highest BCUT2D eigenvalue weighted by molar-refractivity contribution is 5.92. The first kappa shape index (κ1) is 22.6. The van der Waals surface area contributed by atoms with Gasteiger partial charge in [0.05, 0.1) is 18.7 Å². The Bertz CT molecular complexity index is 1120. The van der Waals surface area contributed by atoms with E-state index in [1.807, 2.05) is 72.5 Å². The summed E-state index contributed by atoms with van der Waals surface area (Å²) in [6, 6.07) is 21.4. The van der Waals surface area contributed by atoms with E-state index in [1.165, 1.54) is 0 Å². The van der Waals surface area contributed by atoms with E-state index in [4.69, 9.17) is 4.74 Å². The van der Waals surface area contributed by atoms with Gasteiger partial charge in [-0.2, -0.15) is 0 Å². The lowest BCUT2D eigenvalue weighted by molar-refractivity contribution is -0.136. The zero-order valence-corrected chi connectivity index (χ0v) is 19.3. The smallest absolute Gasteiger partial charge is 0.244 e. The molecule has 1 saturated heterocycles. The van der Waals surface area contributed by atoms with Gasteiger partial charge in [0.25, 0.3) is 0 Å². The topological polar surface area (TPSA) is 61.9 Å². The third kappa shape index (κ3) is 5.28. The SMILES string of the molecule is CCOc1ccccc1N1CCN(C(=O)C(C)NC(=O)Cc2cccc3ccccc23)CC1. The lowest BCUT2D eigenvalue weighted by atomic mass is 10.0. The van der Waals surface area contributed by atoms with Gasteiger partial charge >= 0.3 is 0 Å². The van der Waals surface area contributed by atoms with Gasteiger partial charge in [-0.25, -0.2) is 0 Å². The van der Waals surface area contributed by atoms with E-state index in [1.54, 1.807) is 6.92 Å². The van der Waals surface area contributed by atoms with Crippen LogP contribution in [0.3, 0.4) is 0 Å². The molecule has 6 nitrogen and oxygen atoms in total. The number of hydrogen-bond acceptors (Lipinski definition) is 4. The number of carbonyl (C=O) groups is 2. The van der Waals surface area contributed by atoms with Gasteiger partial charge in [0, 0.05) is 26.2 Å². The Kier molecular flexibility index (Phi) is 7.13. The van der Waals surface area contributed by atoms with Crippen LogP contribution in [0, 0.1) is 0 Å². The van der Waals surface area contributed by atoms with E-state index in [9.17, 15) is 9.59 Å². The van der Waals surface area contributed by atoms with Crippen LogP contribution in [0.4, 0.5) is 5.69 Å². The number of carbonyl (C=O) groups excluding carboxylic acids is 2. The zero-order chi connectivity index (χ0) is 23.2. The molecule has 6 heteroatoms. The highest BCUT2D eigenvalue weighted by atomic mass is 16.5. The number of benzene rings is 3. The average molecular weight is 446 g/mol. The maximum Gasteiger partial charge on any atom is 0.244 e. The van der Waals surface area contributed by atoms with Crippen LogP contribution in [0.5, 0.6) is 5.75 Å². The van der Waals surface area contributed by atoms with Gasteiger partial charge in [-0.3, -0.25) is 9.59 Å². The molecule has 1 atom stereocenters. The number of para-hydroxylation sites is 2. The highest BCUT2D eigenvalue weighted by Crippen LogP contribution is 2.29. The van der Waals surface area contributed by atoms with Crippen molar-refractivity contribution < 1.29 is 14.3 Å². The van der Waals surface area contributed by atoms with Crippen molar-refractivity contribution >= 4 is 28.3 Å². The molecule has 1 N–H and O–H groups in total. The van der Waals surface area contributed by atoms with Crippen LogP contribution in [-0.4, -0.2) is 55.5 Å². The molecule has 0 bridgehead atoms. The lowest BCUT2D eigenvalue weighted by Gasteiger charge is -2.37. The van der Waals surface area contributed by atoms with Crippen molar-refractivity contribution in [3.05, 3.63) is 72.3 Å². The molecule has 0 spiro atoms. The first-order valence-corrected chi connectivity index (χ1v) is 11.6. The van der Waals surface area contributed by atoms with Crippen LogP contribution in [0.15, 0.2) is 66.7 Å². The number of amides is 2. The van der Waals surface area contributed by atoms with Crippen molar-refractivity contribution in [1.82, 2.24) is 10.2 Å². The van der Waals surface area contributed by atoms with Crippen molar-refractivity contribution in [2.45, 2.75) is 26.3 Å². The molecule has 0 saturated carbocycles. The number of hydrogen-bond donors (Lipinski definition) is 1. The molecule has 172 valence electrons. The fourth-order valence-electron chi connectivity index (χ4n) is 4.41. The minimum atomic E-state index is -0.560. The Morgan fingerprint density at radius 2 is 1.64 bits per heavy atom. The fourth-order valence-corrected chi connectivity index (χ4v) is 4.41. The van der Waals surface area contributed by atoms with Gasteiger partial charge in [0.15, 0.2) is 0 Å². The van der Waals surface area contributed by atoms with Crippen LogP contribution in [0.25, 0.3) is 10.8 Å². The molecule has 1 fully saturated rings. The predicted molar refractivity (Wildman–Crippen MR) is 132 cm³/mol. The second-order valence-electron chi connectivity index (χ2n) is 8.32. The van der Waals surface area contributed by atoms with Crippen molar-refractivity contribution in [1.29, 1.82) is 0 Å². The Balaban J connectivity index is 1.32. The summed E-state index contributed by atoms with van der Waals surface area (Å²) in [6.45, 7) is 7.04. The van der Waals surface area contributed by atoms with Gasteiger partial charge in [0.1, 0.15) is 11.8 Å². The molecule has 0 aromatic heterocycles. The van der Waals surface area contributed by atoms with E-state index in [0.717, 1.165) is 40.9 Å². The Hall–Kier alpha value is -3.54. The Labute approximate surface area is 195 Å². The number of ether oxygens (including phenoxy) is 1. The Morgan fingerprint density at radius 1 is 0.939 bits per heavy atom. The third-order valence-corrected chi connectivity index (χ3v) is 6.08. The monoisotopic (exact) mass is 445 g/mol. The number of nitrogens with one attached hydrogen (secondary N) is 1. The van der Waals surface area contributed by atoms with Crippen LogP contribution >= 0.6 is 0 Å². The second-order valence-corrected chi connectivity index (χ2v) is 8.32. The maximum absolute atomic E-state index is 13.0. The summed E-state index contributed by atoms with van der Waals surface area (Å²) in [5, 5.41) is 5.07. The minimum absolute atomic E-state index is 0.0426. The molecule has 1 unspecified atom stereocenters. The first-order valence-electron chi connectivity index (χ1n) is 11.6. The van der Waals surface area contributed by atoms with E-state index in [0.29, 0.717) is 19.7 Å². The van der Waals surface area contributed by atoms with Gasteiger partial charge < -0.3 is 19.9 Å². The summed E-state index contributed by atoms with van der Waals surface area (Å²) in [4.78, 5) is 29.7. The van der Waals surface area contributed by atoms with Gasteiger partial charge in [-0.15, -0.1) is 0 Å². The van der Waals surface area contributed by atoms with E-state index >= 15 is 0 Å². The summed E-state index contributed by atoms with van der Waals surface area (Å²) in [7, 11) is 0. The molecule has 3 aromatic carbocycles. The maximum atomic E-state index is 13.0. The second kappa shape index (κ2) is 10.4. The molecular formula is C27H31N3O3. The average Bonchev–Trinajstić information content (AvgIpc) is 2.84. The minimum Gasteiger partial charge on any atom is -0.492 e. The number of fused-ring (bicyclic) bond motifs is 1. The van der Waals surface area contributed by atoms with Crippen LogP contribution in [0.1, 0.15) is 19.4 Å². The number of piperazine rings is 1. The molecule has 1 aliphatic rings. The van der Waals surface area contributed by atoms with Crippen molar-refractivity contribution in [2.24, 2.45) is 0 Å². The van der Waals surface area contributed by atoms with Crippen molar-refractivity contribution in [3.8, 4) is 5.75 Å². The number of rotatable bonds is 7. The summed E-state index contributed by atoms with van der Waals surface area (Å²) in [6.07, 6.45) is 0.251. The van der Waals surface area contributed by atoms with Crippen LogP contribution in [-0.2, 0) is 16.0 Å². The summed E-state index contributed by atoms with van der Waals surface area (Å²) in [5.74, 6) is 0.685. The van der Waals surface area contributed by atoms with Crippen LogP contribution < -0.4 is 15.0 Å². The van der Waals surface area contributed by atoms with Gasteiger partial charge in [-0.05, 0) is 42.3 Å². The first-order chi connectivity index (χ1) is 16.1. The molecule has 1 heterocycles. The van der Waals surface area contributed by atoms with Crippen molar-refractivity contribution in [2.75, 3.05) is 37.7 Å². The summed E-state index contributed by atoms with van der Waals surface area (Å²) < 4.78 is 5.75. The fraction of sp³-hybridized carbons (Fsp3) is 0.333. The van der Waals surface area contributed by atoms with Crippen molar-refractivity contribution in [3.63, 3.8) is 0 Å². The molecule has 2 amide bonds. The van der Waals surface area contributed by atoms with Crippen LogP contribution in [0.2, 0.25) is 0 Å². The number of anilines is 1. The normalized spacial score (nSPS) is 14.7. The zero-order valence-electron chi connectivity index (χ0n) is 19.3. The molecule has 4 rings (SSSR count). The molecular weight excluding hydrogens is 414 g/mol. The van der Waals surface area contributed by atoms with E-state index < -0.39 is 6.04 Å². The summed E-state index contributed by atoms with van der Waals surface area (Å²) in [5.41, 5.74) is 2.02. The quantitative estimate of drug-likeness (QED) is 0.603. The van der Waals surface area contributed by atoms with E-state index in [2.05, 4.69) is 16.3 Å². The third-order valence-electron chi connectivity index (χ3n) is 6.08. The highest BCUT2D eigenvalue weighted by Gasteiger charge is 2.27. The van der Waals surface area contributed by atoms with Gasteiger partial charge in [-0.1, -0.05) is 54.6 Å². The van der Waals surface area contributed by atoms with Gasteiger partial charge in [0.2, 0.25) is 11.8 Å². The summed E-state index contributed by atoms with van der Waals surface area (Å²) >= 11 is 0. The standard InChI is InChI=1S/C27H31N3O3/c1-3-33-25-14-7-6-13-24(25)29-15-17-30(18-16-29)27(32)20(2)28-26(31)19-22-11-8-10-21-9-4-5-12-23(21)22/h4-14,20H,3,15-19H2,1-2H3,(H,28,31). The lowest BCUT2D eigenvalue weighted by Crippen LogP contribution is -2.54. The predicted octanol–water partition coefficient (Wildman–Crippen LogP) is 3.63. The van der Waals surface area contributed by atoms with E-state index in [-0.39, 0.29) is 18.2 Å². The molecule has 33 heavy (non-hydrogen) atoms. The molecule has 1 aliphatic heterocycles. The molecule has 0 radical (unpaired) electrons. The Morgan fingerprint density at radius 3 is 2.42 bits per heavy atom. The molecule has 0 aliphatic carbocycles. The number of nitrogens with zero attached hydrogens (tertiary/aromatic N) is 2. The largest absolute Gasteiger partial charge is 0.492 e.